The van der Waals surface area contributed by atoms with E-state index < -0.39 is 0 Å². The average Bonchev–Trinajstić information content (AvgIpc) is 1.90. The maximum atomic E-state index is 10.5. The van der Waals surface area contributed by atoms with Gasteiger partial charge < -0.3 is 9.59 Å². The van der Waals surface area contributed by atoms with Gasteiger partial charge in [0, 0.05) is 12.3 Å². The molecule has 0 aliphatic heterocycles. The minimum atomic E-state index is 0.0869. The molecule has 0 aromatic rings. The van der Waals surface area contributed by atoms with Gasteiger partial charge in [0.25, 0.3) is 0 Å². The standard InChI is InChI=1S/C8H14O2/c1-3-8(6-9)5-4-7(2)10/h6,8H,3-5H2,1-2H3/t8-/m1/s1. The van der Waals surface area contributed by atoms with Crippen molar-refractivity contribution in [3.8, 4) is 0 Å². The van der Waals surface area contributed by atoms with E-state index >= 15 is 0 Å². The highest BCUT2D eigenvalue weighted by molar-refractivity contribution is 5.75. The third-order valence-electron chi connectivity index (χ3n) is 1.58. The van der Waals surface area contributed by atoms with Crippen molar-refractivity contribution in [2.75, 3.05) is 0 Å². The van der Waals surface area contributed by atoms with Crippen LogP contribution in [0.3, 0.4) is 0 Å². The van der Waals surface area contributed by atoms with E-state index in [2.05, 4.69) is 0 Å². The zero-order valence-corrected chi connectivity index (χ0v) is 6.59. The Morgan fingerprint density at radius 1 is 1.60 bits per heavy atom. The molecule has 0 aliphatic rings. The van der Waals surface area contributed by atoms with Gasteiger partial charge in [-0.1, -0.05) is 6.92 Å². The van der Waals surface area contributed by atoms with Gasteiger partial charge in [-0.3, -0.25) is 0 Å². The number of aldehydes is 1. The lowest BCUT2D eigenvalue weighted by Gasteiger charge is -2.02. The fraction of sp³-hybridized carbons (Fsp3) is 0.750. The van der Waals surface area contributed by atoms with Crippen LogP contribution in [0.5, 0.6) is 0 Å². The summed E-state index contributed by atoms with van der Waals surface area (Å²) in [5, 5.41) is 0. The Labute approximate surface area is 61.6 Å². The van der Waals surface area contributed by atoms with Crippen molar-refractivity contribution in [3.05, 3.63) is 0 Å². The first-order valence-corrected chi connectivity index (χ1v) is 3.65. The molecule has 0 aliphatic carbocycles. The van der Waals surface area contributed by atoms with Gasteiger partial charge in [0.1, 0.15) is 12.1 Å². The Hall–Kier alpha value is -0.660. The molecule has 2 heteroatoms. The molecule has 1 atom stereocenters. The highest BCUT2D eigenvalue weighted by Crippen LogP contribution is 2.07. The Morgan fingerprint density at radius 3 is 2.50 bits per heavy atom. The summed E-state index contributed by atoms with van der Waals surface area (Å²) in [6.45, 7) is 3.51. The molecule has 2 nitrogen and oxygen atoms in total. The average molecular weight is 142 g/mol. The van der Waals surface area contributed by atoms with E-state index in [9.17, 15) is 9.59 Å². The summed E-state index contributed by atoms with van der Waals surface area (Å²) in [7, 11) is 0. The van der Waals surface area contributed by atoms with Crippen LogP contribution in [0.1, 0.15) is 33.1 Å². The van der Waals surface area contributed by atoms with Crippen LogP contribution in [0.15, 0.2) is 0 Å². The Morgan fingerprint density at radius 2 is 2.20 bits per heavy atom. The molecule has 0 unspecified atom stereocenters. The summed E-state index contributed by atoms with van der Waals surface area (Å²) in [6, 6.07) is 0. The zero-order valence-electron chi connectivity index (χ0n) is 6.59. The van der Waals surface area contributed by atoms with Crippen LogP contribution in [0, 0.1) is 5.92 Å². The molecule has 0 aromatic carbocycles. The van der Waals surface area contributed by atoms with Crippen LogP contribution in [0.4, 0.5) is 0 Å². The van der Waals surface area contributed by atoms with Crippen LogP contribution in [-0.2, 0) is 9.59 Å². The van der Waals surface area contributed by atoms with Crippen molar-refractivity contribution in [2.45, 2.75) is 33.1 Å². The number of carbonyl (C=O) groups excluding carboxylic acids is 2. The van der Waals surface area contributed by atoms with E-state index in [0.29, 0.717) is 6.42 Å². The van der Waals surface area contributed by atoms with Crippen molar-refractivity contribution < 1.29 is 9.59 Å². The van der Waals surface area contributed by atoms with Crippen LogP contribution >= 0.6 is 0 Å². The second-order valence-electron chi connectivity index (χ2n) is 2.55. The topological polar surface area (TPSA) is 34.1 Å². The van der Waals surface area contributed by atoms with Gasteiger partial charge in [-0.15, -0.1) is 0 Å². The van der Waals surface area contributed by atoms with Crippen molar-refractivity contribution in [1.29, 1.82) is 0 Å². The first-order chi connectivity index (χ1) is 4.70. The number of Topliss-reactive ketones (excluding diaryl/α,β-unsaturated/α-hetero) is 1. The van der Waals surface area contributed by atoms with Gasteiger partial charge in [-0.25, -0.2) is 0 Å². The maximum absolute atomic E-state index is 10.5. The van der Waals surface area contributed by atoms with Gasteiger partial charge in [-0.2, -0.15) is 0 Å². The summed E-state index contributed by atoms with van der Waals surface area (Å²) in [6.07, 6.45) is 3.03. The molecule has 10 heavy (non-hydrogen) atoms. The second-order valence-corrected chi connectivity index (χ2v) is 2.55. The monoisotopic (exact) mass is 142 g/mol. The lowest BCUT2D eigenvalue weighted by Crippen LogP contribution is -2.02. The molecule has 0 fully saturated rings. The Bertz CT molecular complexity index is 118. The normalized spacial score (nSPS) is 12.6. The number of hydrogen-bond donors (Lipinski definition) is 0. The lowest BCUT2D eigenvalue weighted by atomic mass is 10.0. The van der Waals surface area contributed by atoms with Gasteiger partial charge >= 0.3 is 0 Å². The van der Waals surface area contributed by atoms with Crippen LogP contribution in [0.25, 0.3) is 0 Å². The third-order valence-corrected chi connectivity index (χ3v) is 1.58. The number of ketones is 1. The molecule has 0 radical (unpaired) electrons. The van der Waals surface area contributed by atoms with E-state index in [-0.39, 0.29) is 11.7 Å². The summed E-state index contributed by atoms with van der Waals surface area (Å²) in [5.74, 6) is 0.254. The van der Waals surface area contributed by atoms with Crippen LogP contribution < -0.4 is 0 Å². The van der Waals surface area contributed by atoms with Crippen molar-refractivity contribution in [1.82, 2.24) is 0 Å². The summed E-state index contributed by atoms with van der Waals surface area (Å²) >= 11 is 0. The fourth-order valence-corrected chi connectivity index (χ4v) is 0.757. The zero-order chi connectivity index (χ0) is 7.98. The van der Waals surface area contributed by atoms with Gasteiger partial charge in [0.05, 0.1) is 0 Å². The molecule has 0 amide bonds. The molecular weight excluding hydrogens is 128 g/mol. The SMILES string of the molecule is CC[C@@H](C=O)CCC(C)=O. The molecule has 0 N–H and O–H groups in total. The first-order valence-electron chi connectivity index (χ1n) is 3.65. The fourth-order valence-electron chi connectivity index (χ4n) is 0.757. The van der Waals surface area contributed by atoms with E-state index in [1.165, 1.54) is 0 Å². The van der Waals surface area contributed by atoms with Gasteiger partial charge in [-0.05, 0) is 19.8 Å². The Kier molecular flexibility index (Phi) is 4.81. The van der Waals surface area contributed by atoms with E-state index in [1.54, 1.807) is 6.92 Å². The molecular formula is C8H14O2. The van der Waals surface area contributed by atoms with E-state index in [0.717, 1.165) is 19.1 Å². The highest BCUT2D eigenvalue weighted by Gasteiger charge is 2.04. The van der Waals surface area contributed by atoms with Crippen molar-refractivity contribution in [3.63, 3.8) is 0 Å². The third kappa shape index (κ3) is 4.24. The largest absolute Gasteiger partial charge is 0.303 e. The maximum Gasteiger partial charge on any atom is 0.129 e. The molecule has 0 aromatic heterocycles. The first kappa shape index (κ1) is 9.34. The van der Waals surface area contributed by atoms with Gasteiger partial charge in [0.15, 0.2) is 0 Å². The molecule has 0 saturated heterocycles. The minimum Gasteiger partial charge on any atom is -0.303 e. The number of hydrogen-bond acceptors (Lipinski definition) is 2. The predicted octanol–water partition coefficient (Wildman–Crippen LogP) is 1.58. The smallest absolute Gasteiger partial charge is 0.129 e. The lowest BCUT2D eigenvalue weighted by molar-refractivity contribution is -0.117. The Balaban J connectivity index is 3.44. The molecule has 0 spiro atoms. The van der Waals surface area contributed by atoms with Crippen LogP contribution in [-0.4, -0.2) is 12.1 Å². The van der Waals surface area contributed by atoms with Crippen LogP contribution in [0.2, 0.25) is 0 Å². The van der Waals surface area contributed by atoms with Gasteiger partial charge in [0.2, 0.25) is 0 Å². The molecule has 0 rings (SSSR count). The van der Waals surface area contributed by atoms with Crippen molar-refractivity contribution in [2.24, 2.45) is 5.92 Å². The summed E-state index contributed by atoms with van der Waals surface area (Å²) < 4.78 is 0. The van der Waals surface area contributed by atoms with E-state index in [4.69, 9.17) is 0 Å². The molecule has 58 valence electrons. The number of carbonyl (C=O) groups is 2. The van der Waals surface area contributed by atoms with Crippen molar-refractivity contribution >= 4 is 12.1 Å². The summed E-state index contributed by atoms with van der Waals surface area (Å²) in [5.41, 5.74) is 0. The molecule has 0 saturated carbocycles. The predicted molar refractivity (Wildman–Crippen MR) is 39.8 cm³/mol. The quantitative estimate of drug-likeness (QED) is 0.546. The number of rotatable bonds is 5. The molecule has 0 bridgehead atoms. The second kappa shape index (κ2) is 5.15. The van der Waals surface area contributed by atoms with E-state index in [1.807, 2.05) is 6.92 Å². The summed E-state index contributed by atoms with van der Waals surface area (Å²) in [4.78, 5) is 20.7. The highest BCUT2D eigenvalue weighted by atomic mass is 16.1. The molecule has 0 heterocycles. The minimum absolute atomic E-state index is 0.0869.